The van der Waals surface area contributed by atoms with Crippen LogP contribution in [-0.4, -0.2) is 46.4 Å². The Kier molecular flexibility index (Phi) is 4.91. The first-order valence-electron chi connectivity index (χ1n) is 7.20. The Balaban J connectivity index is 1.66. The summed E-state index contributed by atoms with van der Waals surface area (Å²) in [6.07, 6.45) is 1.62. The fourth-order valence-corrected chi connectivity index (χ4v) is 2.16. The summed E-state index contributed by atoms with van der Waals surface area (Å²) >= 11 is 0. The Hall–Kier alpha value is -2.36. The van der Waals surface area contributed by atoms with E-state index in [9.17, 15) is 9.50 Å². The molecule has 0 amide bonds. The third-order valence-corrected chi connectivity index (χ3v) is 3.32. The lowest BCUT2D eigenvalue weighted by atomic mass is 10.3. The molecule has 1 aliphatic rings. The van der Waals surface area contributed by atoms with Crippen LogP contribution in [0.25, 0.3) is 0 Å². The molecule has 1 unspecified atom stereocenters. The Morgan fingerprint density at radius 3 is 2.83 bits per heavy atom. The number of aliphatic hydroxyl groups excluding tert-OH is 1. The van der Waals surface area contributed by atoms with Gasteiger partial charge in [-0.3, -0.25) is 10.4 Å². The first kappa shape index (κ1) is 15.5. The summed E-state index contributed by atoms with van der Waals surface area (Å²) in [5, 5.41) is 9.96. The zero-order valence-electron chi connectivity index (χ0n) is 12.3. The zero-order valence-corrected chi connectivity index (χ0v) is 12.3. The number of aliphatic hydroxyl groups is 1. The van der Waals surface area contributed by atoms with Crippen LogP contribution in [0.15, 0.2) is 30.6 Å². The summed E-state index contributed by atoms with van der Waals surface area (Å²) < 4.78 is 19.1. The Morgan fingerprint density at radius 2 is 2.09 bits per heavy atom. The molecule has 9 heteroatoms. The standard InChI is InChI=1S/C14H17FN6O2/c15-10-9-17-14(18-12(10)21-5-7-23-8-6-21)20-19-13(22)11-3-1-2-4-16-11/h1-4,9,13,19,22H,5-8H2,(H,17,18,20). The third kappa shape index (κ3) is 3.89. The van der Waals surface area contributed by atoms with Gasteiger partial charge in [-0.1, -0.05) is 6.07 Å². The van der Waals surface area contributed by atoms with Crippen molar-refractivity contribution in [3.05, 3.63) is 42.1 Å². The number of aromatic nitrogens is 3. The molecule has 3 heterocycles. The molecule has 0 spiro atoms. The molecule has 3 rings (SSSR count). The molecule has 2 aromatic rings. The van der Waals surface area contributed by atoms with Crippen molar-refractivity contribution in [1.29, 1.82) is 0 Å². The summed E-state index contributed by atoms with van der Waals surface area (Å²) in [4.78, 5) is 13.8. The zero-order chi connectivity index (χ0) is 16.1. The molecule has 122 valence electrons. The molecule has 1 fully saturated rings. The molecular formula is C14H17FN6O2. The maximum Gasteiger partial charge on any atom is 0.239 e. The van der Waals surface area contributed by atoms with Crippen molar-refractivity contribution in [2.75, 3.05) is 36.6 Å². The third-order valence-electron chi connectivity index (χ3n) is 3.32. The van der Waals surface area contributed by atoms with Gasteiger partial charge in [-0.15, -0.1) is 0 Å². The molecule has 0 aromatic carbocycles. The lowest BCUT2D eigenvalue weighted by Crippen LogP contribution is -2.37. The Labute approximate surface area is 132 Å². The predicted molar refractivity (Wildman–Crippen MR) is 81.0 cm³/mol. The van der Waals surface area contributed by atoms with Crippen LogP contribution in [-0.2, 0) is 4.74 Å². The fourth-order valence-electron chi connectivity index (χ4n) is 2.16. The average Bonchev–Trinajstić information content (AvgIpc) is 2.62. The number of ether oxygens (including phenoxy) is 1. The van der Waals surface area contributed by atoms with Crippen LogP contribution < -0.4 is 15.8 Å². The molecule has 0 saturated carbocycles. The van der Waals surface area contributed by atoms with E-state index >= 15 is 0 Å². The van der Waals surface area contributed by atoms with E-state index in [1.165, 1.54) is 0 Å². The van der Waals surface area contributed by atoms with E-state index in [4.69, 9.17) is 4.74 Å². The highest BCUT2D eigenvalue weighted by atomic mass is 19.1. The SMILES string of the molecule is OC(NNc1ncc(F)c(N2CCOCC2)n1)c1ccccn1. The minimum absolute atomic E-state index is 0.155. The predicted octanol–water partition coefficient (Wildman–Crippen LogP) is 0.455. The van der Waals surface area contributed by atoms with E-state index in [1.54, 1.807) is 29.3 Å². The maximum atomic E-state index is 13.9. The number of nitrogens with zero attached hydrogens (tertiary/aromatic N) is 4. The van der Waals surface area contributed by atoms with Gasteiger partial charge in [-0.25, -0.2) is 14.8 Å². The van der Waals surface area contributed by atoms with E-state index in [-0.39, 0.29) is 11.8 Å². The largest absolute Gasteiger partial charge is 0.378 e. The van der Waals surface area contributed by atoms with E-state index in [1.807, 2.05) is 0 Å². The van der Waals surface area contributed by atoms with Gasteiger partial charge in [-0.2, -0.15) is 4.98 Å². The van der Waals surface area contributed by atoms with Gasteiger partial charge in [0.15, 0.2) is 17.9 Å². The van der Waals surface area contributed by atoms with Crippen molar-refractivity contribution in [3.8, 4) is 0 Å². The highest BCUT2D eigenvalue weighted by Gasteiger charge is 2.18. The van der Waals surface area contributed by atoms with Crippen molar-refractivity contribution in [2.45, 2.75) is 6.23 Å². The fraction of sp³-hybridized carbons (Fsp3) is 0.357. The number of anilines is 2. The van der Waals surface area contributed by atoms with Crippen LogP contribution in [0.4, 0.5) is 16.2 Å². The smallest absolute Gasteiger partial charge is 0.239 e. The number of nitrogens with one attached hydrogen (secondary N) is 2. The molecule has 1 aliphatic heterocycles. The quantitative estimate of drug-likeness (QED) is 0.540. The van der Waals surface area contributed by atoms with E-state index in [0.29, 0.717) is 32.0 Å². The molecular weight excluding hydrogens is 303 g/mol. The minimum Gasteiger partial charge on any atom is -0.378 e. The van der Waals surface area contributed by atoms with Crippen LogP contribution in [0.5, 0.6) is 0 Å². The number of morpholine rings is 1. The summed E-state index contributed by atoms with van der Waals surface area (Å²) in [5.74, 6) is -0.134. The monoisotopic (exact) mass is 320 g/mol. The topological polar surface area (TPSA) is 95.4 Å². The van der Waals surface area contributed by atoms with Crippen molar-refractivity contribution >= 4 is 11.8 Å². The van der Waals surface area contributed by atoms with Gasteiger partial charge in [0.25, 0.3) is 0 Å². The van der Waals surface area contributed by atoms with Crippen LogP contribution in [0, 0.1) is 5.82 Å². The van der Waals surface area contributed by atoms with Gasteiger partial charge in [0.2, 0.25) is 5.95 Å². The van der Waals surface area contributed by atoms with Crippen LogP contribution in [0.3, 0.4) is 0 Å². The first-order chi connectivity index (χ1) is 11.2. The van der Waals surface area contributed by atoms with E-state index in [0.717, 1.165) is 6.20 Å². The van der Waals surface area contributed by atoms with Gasteiger partial charge >= 0.3 is 0 Å². The van der Waals surface area contributed by atoms with Crippen molar-refractivity contribution in [1.82, 2.24) is 20.4 Å². The summed E-state index contributed by atoms with van der Waals surface area (Å²) in [6, 6.07) is 5.18. The molecule has 1 saturated heterocycles. The van der Waals surface area contributed by atoms with E-state index < -0.39 is 12.0 Å². The van der Waals surface area contributed by atoms with Gasteiger partial charge < -0.3 is 14.7 Å². The lowest BCUT2D eigenvalue weighted by Gasteiger charge is -2.28. The average molecular weight is 320 g/mol. The number of hydrazine groups is 1. The van der Waals surface area contributed by atoms with Crippen LogP contribution >= 0.6 is 0 Å². The normalized spacial score (nSPS) is 16.2. The second kappa shape index (κ2) is 7.27. The molecule has 8 nitrogen and oxygen atoms in total. The lowest BCUT2D eigenvalue weighted by molar-refractivity contribution is 0.122. The van der Waals surface area contributed by atoms with Crippen molar-refractivity contribution in [3.63, 3.8) is 0 Å². The molecule has 0 radical (unpaired) electrons. The summed E-state index contributed by atoms with van der Waals surface area (Å²) in [5.41, 5.74) is 5.72. The second-order valence-electron chi connectivity index (χ2n) is 4.89. The second-order valence-corrected chi connectivity index (χ2v) is 4.89. The molecule has 0 bridgehead atoms. The maximum absolute atomic E-state index is 13.9. The van der Waals surface area contributed by atoms with Gasteiger partial charge in [-0.05, 0) is 12.1 Å². The van der Waals surface area contributed by atoms with Crippen molar-refractivity contribution in [2.24, 2.45) is 0 Å². The Morgan fingerprint density at radius 1 is 1.26 bits per heavy atom. The summed E-state index contributed by atoms with van der Waals surface area (Å²) in [7, 11) is 0. The van der Waals surface area contributed by atoms with Gasteiger partial charge in [0.1, 0.15) is 0 Å². The first-order valence-corrected chi connectivity index (χ1v) is 7.20. The number of hydrogen-bond acceptors (Lipinski definition) is 8. The highest BCUT2D eigenvalue weighted by Crippen LogP contribution is 2.18. The summed E-state index contributed by atoms with van der Waals surface area (Å²) in [6.45, 7) is 2.19. The molecule has 0 aliphatic carbocycles. The van der Waals surface area contributed by atoms with Crippen LogP contribution in [0.2, 0.25) is 0 Å². The van der Waals surface area contributed by atoms with Gasteiger partial charge in [0, 0.05) is 19.3 Å². The highest BCUT2D eigenvalue weighted by molar-refractivity contribution is 5.44. The van der Waals surface area contributed by atoms with Crippen LogP contribution in [0.1, 0.15) is 11.9 Å². The van der Waals surface area contributed by atoms with Gasteiger partial charge in [0.05, 0.1) is 25.1 Å². The number of pyridine rings is 1. The van der Waals surface area contributed by atoms with E-state index in [2.05, 4.69) is 25.8 Å². The number of rotatable bonds is 5. The molecule has 23 heavy (non-hydrogen) atoms. The molecule has 3 N–H and O–H groups in total. The number of halogens is 1. The Bertz CT molecular complexity index is 638. The number of hydrogen-bond donors (Lipinski definition) is 3. The van der Waals surface area contributed by atoms with Crippen molar-refractivity contribution < 1.29 is 14.2 Å². The molecule has 1 atom stereocenters. The minimum atomic E-state index is -1.04. The molecule has 2 aromatic heterocycles.